The maximum atomic E-state index is 13.6. The van der Waals surface area contributed by atoms with Gasteiger partial charge in [0.2, 0.25) is 0 Å². The fraction of sp³-hybridized carbons (Fsp3) is 0.286. The van der Waals surface area contributed by atoms with Crippen molar-refractivity contribution in [1.82, 2.24) is 5.32 Å². The average Bonchev–Trinajstić information content (AvgIpc) is 2.41. The van der Waals surface area contributed by atoms with E-state index in [0.29, 0.717) is 0 Å². The second kappa shape index (κ2) is 5.22. The minimum absolute atomic E-state index is 0.00627. The first kappa shape index (κ1) is 15.6. The fourth-order valence-electron chi connectivity index (χ4n) is 2.23. The SMILES string of the molecule is CNC(c1ccc(F)c2ccccc12)C(F)(F)C(F)(F)F. The number of hydrogen-bond donors (Lipinski definition) is 1. The normalized spacial score (nSPS) is 14.4. The lowest BCUT2D eigenvalue weighted by atomic mass is 9.94. The number of nitrogens with one attached hydrogen (secondary N) is 1. The smallest absolute Gasteiger partial charge is 0.308 e. The predicted molar refractivity (Wildman–Crippen MR) is 66.7 cm³/mol. The maximum absolute atomic E-state index is 13.6. The van der Waals surface area contributed by atoms with Gasteiger partial charge in [-0.2, -0.15) is 22.0 Å². The zero-order valence-electron chi connectivity index (χ0n) is 10.8. The van der Waals surface area contributed by atoms with Gasteiger partial charge in [-0.15, -0.1) is 0 Å². The molecule has 1 atom stereocenters. The van der Waals surface area contributed by atoms with Gasteiger partial charge in [0.1, 0.15) is 11.9 Å². The van der Waals surface area contributed by atoms with Crippen LogP contribution in [-0.4, -0.2) is 19.1 Å². The van der Waals surface area contributed by atoms with E-state index in [2.05, 4.69) is 0 Å². The molecular formula is C14H11F6N. The highest BCUT2D eigenvalue weighted by Gasteiger charge is 2.62. The Morgan fingerprint density at radius 3 is 2.00 bits per heavy atom. The largest absolute Gasteiger partial charge is 0.455 e. The molecule has 0 aliphatic heterocycles. The van der Waals surface area contributed by atoms with Crippen molar-refractivity contribution in [2.45, 2.75) is 18.1 Å². The van der Waals surface area contributed by atoms with Crippen LogP contribution in [0.25, 0.3) is 10.8 Å². The van der Waals surface area contributed by atoms with E-state index < -0.39 is 24.0 Å². The van der Waals surface area contributed by atoms with Crippen LogP contribution in [0.2, 0.25) is 0 Å². The summed E-state index contributed by atoms with van der Waals surface area (Å²) in [4.78, 5) is 0. The Hall–Kier alpha value is -1.76. The quantitative estimate of drug-likeness (QED) is 0.827. The third kappa shape index (κ3) is 2.57. The molecule has 0 saturated carbocycles. The first-order valence-corrected chi connectivity index (χ1v) is 5.99. The molecule has 0 aromatic heterocycles. The van der Waals surface area contributed by atoms with Crippen molar-refractivity contribution >= 4 is 10.8 Å². The summed E-state index contributed by atoms with van der Waals surface area (Å²) in [5, 5.41) is 1.99. The minimum atomic E-state index is -5.71. The van der Waals surface area contributed by atoms with Gasteiger partial charge in [0.15, 0.2) is 0 Å². The topological polar surface area (TPSA) is 12.0 Å². The molecule has 0 spiro atoms. The van der Waals surface area contributed by atoms with Crippen LogP contribution in [0.5, 0.6) is 0 Å². The van der Waals surface area contributed by atoms with E-state index in [1.165, 1.54) is 24.3 Å². The van der Waals surface area contributed by atoms with Gasteiger partial charge in [0.25, 0.3) is 0 Å². The van der Waals surface area contributed by atoms with E-state index in [1.807, 2.05) is 5.32 Å². The number of benzene rings is 2. The fourth-order valence-corrected chi connectivity index (χ4v) is 2.23. The Morgan fingerprint density at radius 2 is 1.48 bits per heavy atom. The molecule has 2 aromatic rings. The number of halogens is 6. The third-order valence-electron chi connectivity index (χ3n) is 3.24. The molecule has 1 N–H and O–H groups in total. The molecule has 0 radical (unpaired) electrons. The second-order valence-electron chi connectivity index (χ2n) is 4.52. The van der Waals surface area contributed by atoms with Crippen LogP contribution >= 0.6 is 0 Å². The Labute approximate surface area is 116 Å². The molecule has 0 aliphatic rings. The molecule has 21 heavy (non-hydrogen) atoms. The molecule has 2 rings (SSSR count). The van der Waals surface area contributed by atoms with E-state index >= 15 is 0 Å². The first-order valence-electron chi connectivity index (χ1n) is 5.99. The molecular weight excluding hydrogens is 296 g/mol. The highest BCUT2D eigenvalue weighted by molar-refractivity contribution is 5.86. The van der Waals surface area contributed by atoms with Crippen LogP contribution in [0, 0.1) is 5.82 Å². The first-order chi connectivity index (χ1) is 9.70. The third-order valence-corrected chi connectivity index (χ3v) is 3.24. The molecule has 0 aliphatic carbocycles. The van der Waals surface area contributed by atoms with Crippen LogP contribution in [-0.2, 0) is 0 Å². The number of fused-ring (bicyclic) bond motifs is 1. The standard InChI is InChI=1S/C14H11F6N/c1-21-12(13(16,17)14(18,19)20)10-6-7-11(15)9-5-3-2-4-8(9)10/h2-7,12,21H,1H3. The monoisotopic (exact) mass is 307 g/mol. The van der Waals surface area contributed by atoms with E-state index in [9.17, 15) is 26.3 Å². The minimum Gasteiger partial charge on any atom is -0.308 e. The lowest BCUT2D eigenvalue weighted by Crippen LogP contribution is -2.47. The van der Waals surface area contributed by atoms with Crippen molar-refractivity contribution in [3.63, 3.8) is 0 Å². The van der Waals surface area contributed by atoms with Crippen molar-refractivity contribution < 1.29 is 26.3 Å². The second-order valence-corrected chi connectivity index (χ2v) is 4.52. The maximum Gasteiger partial charge on any atom is 0.455 e. The Morgan fingerprint density at radius 1 is 0.905 bits per heavy atom. The lowest BCUT2D eigenvalue weighted by molar-refractivity contribution is -0.293. The van der Waals surface area contributed by atoms with Gasteiger partial charge in [0, 0.05) is 5.39 Å². The van der Waals surface area contributed by atoms with Crippen LogP contribution in [0.1, 0.15) is 11.6 Å². The molecule has 1 nitrogen and oxygen atoms in total. The molecule has 0 amide bonds. The molecule has 0 heterocycles. The van der Waals surface area contributed by atoms with Gasteiger partial charge >= 0.3 is 12.1 Å². The molecule has 1 unspecified atom stereocenters. The summed E-state index contributed by atoms with van der Waals surface area (Å²) < 4.78 is 78.6. The molecule has 7 heteroatoms. The summed E-state index contributed by atoms with van der Waals surface area (Å²) in [6.45, 7) is 0. The molecule has 114 valence electrons. The average molecular weight is 307 g/mol. The van der Waals surface area contributed by atoms with E-state index in [-0.39, 0.29) is 16.3 Å². The number of rotatable bonds is 3. The highest BCUT2D eigenvalue weighted by Crippen LogP contribution is 2.45. The number of alkyl halides is 5. The summed E-state index contributed by atoms with van der Waals surface area (Å²) in [5.74, 6) is -5.66. The van der Waals surface area contributed by atoms with Gasteiger partial charge in [-0.1, -0.05) is 30.3 Å². The highest BCUT2D eigenvalue weighted by atomic mass is 19.4. The Kier molecular flexibility index (Phi) is 3.88. The van der Waals surface area contributed by atoms with Crippen LogP contribution < -0.4 is 5.32 Å². The summed E-state index contributed by atoms with van der Waals surface area (Å²) in [7, 11) is 1.00. The lowest BCUT2D eigenvalue weighted by Gasteiger charge is -2.29. The van der Waals surface area contributed by atoms with E-state index in [0.717, 1.165) is 19.2 Å². The van der Waals surface area contributed by atoms with E-state index in [1.54, 1.807) is 0 Å². The van der Waals surface area contributed by atoms with Crippen LogP contribution in [0.3, 0.4) is 0 Å². The molecule has 2 aromatic carbocycles. The van der Waals surface area contributed by atoms with Crippen molar-refractivity contribution in [2.75, 3.05) is 7.05 Å². The van der Waals surface area contributed by atoms with Crippen molar-refractivity contribution in [3.05, 3.63) is 47.8 Å². The summed E-state index contributed by atoms with van der Waals surface area (Å²) in [6, 6.07) is 5.09. The van der Waals surface area contributed by atoms with Gasteiger partial charge in [0.05, 0.1) is 0 Å². The van der Waals surface area contributed by atoms with Gasteiger partial charge < -0.3 is 5.32 Å². The van der Waals surface area contributed by atoms with Crippen molar-refractivity contribution in [1.29, 1.82) is 0 Å². The van der Waals surface area contributed by atoms with Crippen LogP contribution in [0.4, 0.5) is 26.3 Å². The van der Waals surface area contributed by atoms with Gasteiger partial charge in [-0.05, 0) is 24.1 Å². The molecule has 0 saturated heterocycles. The van der Waals surface area contributed by atoms with Crippen molar-refractivity contribution in [2.24, 2.45) is 0 Å². The predicted octanol–water partition coefficient (Wildman–Crippen LogP) is 4.44. The molecule has 0 fully saturated rings. The summed E-state index contributed by atoms with van der Waals surface area (Å²) >= 11 is 0. The number of hydrogen-bond acceptors (Lipinski definition) is 1. The van der Waals surface area contributed by atoms with Crippen LogP contribution in [0.15, 0.2) is 36.4 Å². The van der Waals surface area contributed by atoms with E-state index in [4.69, 9.17) is 0 Å². The Balaban J connectivity index is 2.67. The zero-order chi connectivity index (χ0) is 15.8. The molecule has 0 bridgehead atoms. The van der Waals surface area contributed by atoms with Crippen molar-refractivity contribution in [3.8, 4) is 0 Å². The van der Waals surface area contributed by atoms with Gasteiger partial charge in [-0.3, -0.25) is 0 Å². The summed E-state index contributed by atoms with van der Waals surface area (Å²) in [6.07, 6.45) is -5.71. The van der Waals surface area contributed by atoms with Gasteiger partial charge in [-0.25, -0.2) is 4.39 Å². The Bertz CT molecular complexity index is 649. The summed E-state index contributed by atoms with van der Waals surface area (Å²) in [5.41, 5.74) is -0.308. The zero-order valence-corrected chi connectivity index (χ0v) is 10.8.